The van der Waals surface area contributed by atoms with Crippen LogP contribution in [0.2, 0.25) is 0 Å². The number of amides is 1. The average Bonchev–Trinajstić information content (AvgIpc) is 3.01. The Kier molecular flexibility index (Phi) is 6.10. The largest absolute Gasteiger partial charge is 0.482 e. The van der Waals surface area contributed by atoms with E-state index in [2.05, 4.69) is 17.2 Å². The van der Waals surface area contributed by atoms with Crippen molar-refractivity contribution < 1.29 is 19.4 Å². The zero-order valence-electron chi connectivity index (χ0n) is 12.7. The second-order valence-corrected chi connectivity index (χ2v) is 5.74. The molecule has 2 aromatic rings. The number of hydrogen-bond acceptors (Lipinski definition) is 5. The third-order valence-corrected chi connectivity index (χ3v) is 4.07. The Balaban J connectivity index is 1.85. The first-order chi connectivity index (χ1) is 11.1. The van der Waals surface area contributed by atoms with E-state index in [-0.39, 0.29) is 5.91 Å². The van der Waals surface area contributed by atoms with Gasteiger partial charge in [-0.2, -0.15) is 0 Å². The van der Waals surface area contributed by atoms with E-state index in [0.717, 1.165) is 17.1 Å². The van der Waals surface area contributed by atoms with Crippen LogP contribution in [0.15, 0.2) is 29.6 Å². The monoisotopic (exact) mass is 334 g/mol. The molecule has 6 nitrogen and oxygen atoms in total. The van der Waals surface area contributed by atoms with Crippen LogP contribution in [-0.4, -0.2) is 35.1 Å². The first-order valence-corrected chi connectivity index (χ1v) is 8.12. The van der Waals surface area contributed by atoms with Crippen molar-refractivity contribution >= 4 is 23.2 Å². The van der Waals surface area contributed by atoms with E-state index in [1.165, 1.54) is 6.07 Å². The quantitative estimate of drug-likeness (QED) is 0.772. The van der Waals surface area contributed by atoms with Crippen LogP contribution in [0, 0.1) is 0 Å². The molecule has 2 rings (SSSR count). The molecule has 122 valence electrons. The summed E-state index contributed by atoms with van der Waals surface area (Å²) in [5.74, 6) is -0.932. The van der Waals surface area contributed by atoms with Gasteiger partial charge in [-0.15, -0.1) is 11.3 Å². The van der Waals surface area contributed by atoms with Crippen molar-refractivity contribution in [3.63, 3.8) is 0 Å². The lowest BCUT2D eigenvalue weighted by molar-refractivity contribution is -0.139. The number of thiazole rings is 1. The summed E-state index contributed by atoms with van der Waals surface area (Å²) in [5, 5.41) is 14.5. The number of ether oxygens (including phenoxy) is 1. The van der Waals surface area contributed by atoms with Gasteiger partial charge in [-0.1, -0.05) is 13.0 Å². The standard InChI is InChI=1S/C16H18N2O4S/c1-2-14-18-12(10-23-14)6-7-17-16(21)11-4-3-5-13(8-11)22-9-15(19)20/h3-5,8,10H,2,6-7,9H2,1H3,(H,17,21)(H,19,20). The van der Waals surface area contributed by atoms with E-state index in [1.807, 2.05) is 5.38 Å². The Hall–Kier alpha value is -2.41. The van der Waals surface area contributed by atoms with Gasteiger partial charge in [0, 0.05) is 23.9 Å². The molecule has 0 aliphatic rings. The van der Waals surface area contributed by atoms with Gasteiger partial charge in [-0.25, -0.2) is 9.78 Å². The van der Waals surface area contributed by atoms with Crippen LogP contribution in [0.1, 0.15) is 28.0 Å². The number of nitrogens with zero attached hydrogens (tertiary/aromatic N) is 1. The van der Waals surface area contributed by atoms with Gasteiger partial charge in [0.1, 0.15) is 5.75 Å². The molecule has 0 spiro atoms. The van der Waals surface area contributed by atoms with E-state index >= 15 is 0 Å². The Morgan fingerprint density at radius 1 is 1.39 bits per heavy atom. The second kappa shape index (κ2) is 8.28. The molecule has 7 heteroatoms. The highest BCUT2D eigenvalue weighted by Crippen LogP contribution is 2.13. The van der Waals surface area contributed by atoms with E-state index in [4.69, 9.17) is 9.84 Å². The Morgan fingerprint density at radius 3 is 2.91 bits per heavy atom. The van der Waals surface area contributed by atoms with Gasteiger partial charge in [0.15, 0.2) is 6.61 Å². The molecular weight excluding hydrogens is 316 g/mol. The maximum absolute atomic E-state index is 12.1. The summed E-state index contributed by atoms with van der Waals surface area (Å²) in [6.07, 6.45) is 1.59. The van der Waals surface area contributed by atoms with Gasteiger partial charge in [0.2, 0.25) is 0 Å². The van der Waals surface area contributed by atoms with Crippen molar-refractivity contribution in [2.75, 3.05) is 13.2 Å². The number of nitrogens with one attached hydrogen (secondary N) is 1. The Morgan fingerprint density at radius 2 is 2.22 bits per heavy atom. The van der Waals surface area contributed by atoms with Gasteiger partial charge in [-0.05, 0) is 24.6 Å². The van der Waals surface area contributed by atoms with E-state index < -0.39 is 12.6 Å². The molecule has 0 aliphatic carbocycles. The summed E-state index contributed by atoms with van der Waals surface area (Å²) >= 11 is 1.63. The van der Waals surface area contributed by atoms with Crippen molar-refractivity contribution in [2.45, 2.75) is 19.8 Å². The minimum absolute atomic E-state index is 0.225. The molecule has 2 N–H and O–H groups in total. The number of hydrogen-bond donors (Lipinski definition) is 2. The van der Waals surface area contributed by atoms with E-state index in [9.17, 15) is 9.59 Å². The van der Waals surface area contributed by atoms with Gasteiger partial charge in [0.05, 0.1) is 10.7 Å². The zero-order chi connectivity index (χ0) is 16.7. The number of aromatic nitrogens is 1. The van der Waals surface area contributed by atoms with E-state index in [0.29, 0.717) is 24.3 Å². The fourth-order valence-corrected chi connectivity index (χ4v) is 2.68. The van der Waals surface area contributed by atoms with Gasteiger partial charge >= 0.3 is 5.97 Å². The number of carbonyl (C=O) groups is 2. The maximum atomic E-state index is 12.1. The molecule has 1 aromatic carbocycles. The first kappa shape index (κ1) is 17.0. The molecule has 1 heterocycles. The molecule has 1 amide bonds. The molecule has 0 fully saturated rings. The number of aliphatic carboxylic acids is 1. The normalized spacial score (nSPS) is 10.3. The molecule has 0 unspecified atom stereocenters. The molecule has 23 heavy (non-hydrogen) atoms. The summed E-state index contributed by atoms with van der Waals surface area (Å²) in [5.41, 5.74) is 1.41. The van der Waals surface area contributed by atoms with Gasteiger partial charge < -0.3 is 15.2 Å². The molecule has 0 bridgehead atoms. The smallest absolute Gasteiger partial charge is 0.341 e. The van der Waals surface area contributed by atoms with Crippen LogP contribution < -0.4 is 10.1 Å². The summed E-state index contributed by atoms with van der Waals surface area (Å²) < 4.78 is 5.06. The molecule has 0 aliphatic heterocycles. The summed E-state index contributed by atoms with van der Waals surface area (Å²) in [7, 11) is 0. The third-order valence-electron chi connectivity index (χ3n) is 3.03. The fourth-order valence-electron chi connectivity index (χ4n) is 1.90. The fraction of sp³-hybridized carbons (Fsp3) is 0.312. The number of benzene rings is 1. The number of rotatable bonds is 8. The van der Waals surface area contributed by atoms with Crippen molar-refractivity contribution in [2.24, 2.45) is 0 Å². The maximum Gasteiger partial charge on any atom is 0.341 e. The van der Waals surface area contributed by atoms with Crippen LogP contribution in [0.4, 0.5) is 0 Å². The van der Waals surface area contributed by atoms with Crippen molar-refractivity contribution in [1.82, 2.24) is 10.3 Å². The number of carboxylic acids is 1. The predicted octanol–water partition coefficient (Wildman–Crippen LogP) is 2.14. The minimum Gasteiger partial charge on any atom is -0.482 e. The lowest BCUT2D eigenvalue weighted by atomic mass is 10.2. The van der Waals surface area contributed by atoms with Crippen LogP contribution in [-0.2, 0) is 17.6 Å². The molecule has 0 radical (unpaired) electrons. The van der Waals surface area contributed by atoms with Gasteiger partial charge in [-0.3, -0.25) is 4.79 Å². The number of carboxylic acid groups (broad SMARTS) is 1. The minimum atomic E-state index is -1.06. The first-order valence-electron chi connectivity index (χ1n) is 7.24. The topological polar surface area (TPSA) is 88.5 Å². The number of carbonyl (C=O) groups excluding carboxylic acids is 1. The predicted molar refractivity (Wildman–Crippen MR) is 87.1 cm³/mol. The molecular formula is C16H18N2O4S. The lowest BCUT2D eigenvalue weighted by Crippen LogP contribution is -2.25. The van der Waals surface area contributed by atoms with Crippen molar-refractivity contribution in [3.05, 3.63) is 45.9 Å². The molecule has 0 atom stereocenters. The van der Waals surface area contributed by atoms with E-state index in [1.54, 1.807) is 29.5 Å². The number of aryl methyl sites for hydroxylation is 1. The van der Waals surface area contributed by atoms with Crippen molar-refractivity contribution in [1.29, 1.82) is 0 Å². The lowest BCUT2D eigenvalue weighted by Gasteiger charge is -2.07. The summed E-state index contributed by atoms with van der Waals surface area (Å²) in [4.78, 5) is 27.0. The molecule has 0 saturated carbocycles. The molecule has 1 aromatic heterocycles. The Labute approximate surface area is 138 Å². The highest BCUT2D eigenvalue weighted by Gasteiger charge is 2.08. The second-order valence-electron chi connectivity index (χ2n) is 4.80. The van der Waals surface area contributed by atoms with Crippen molar-refractivity contribution in [3.8, 4) is 5.75 Å². The highest BCUT2D eigenvalue weighted by atomic mass is 32.1. The Bertz CT molecular complexity index is 684. The van der Waals surface area contributed by atoms with Crippen LogP contribution in [0.3, 0.4) is 0 Å². The highest BCUT2D eigenvalue weighted by molar-refractivity contribution is 7.09. The van der Waals surface area contributed by atoms with Crippen LogP contribution in [0.5, 0.6) is 5.75 Å². The average molecular weight is 334 g/mol. The third kappa shape index (κ3) is 5.37. The SMILES string of the molecule is CCc1nc(CCNC(=O)c2cccc(OCC(=O)O)c2)cs1. The zero-order valence-corrected chi connectivity index (χ0v) is 13.6. The van der Waals surface area contributed by atoms with Crippen LogP contribution in [0.25, 0.3) is 0 Å². The van der Waals surface area contributed by atoms with Crippen LogP contribution >= 0.6 is 11.3 Å². The molecule has 0 saturated heterocycles. The summed E-state index contributed by atoms with van der Waals surface area (Å²) in [6.45, 7) is 2.12. The van der Waals surface area contributed by atoms with Gasteiger partial charge in [0.25, 0.3) is 5.91 Å². The summed E-state index contributed by atoms with van der Waals surface area (Å²) in [6, 6.07) is 6.44.